The summed E-state index contributed by atoms with van der Waals surface area (Å²) in [6.45, 7) is 2.15. The van der Waals surface area contributed by atoms with Crippen molar-refractivity contribution in [1.82, 2.24) is 4.98 Å². The fourth-order valence-corrected chi connectivity index (χ4v) is 2.95. The van der Waals surface area contributed by atoms with Crippen molar-refractivity contribution in [2.75, 3.05) is 6.61 Å². The van der Waals surface area contributed by atoms with Gasteiger partial charge in [0.15, 0.2) is 0 Å². The van der Waals surface area contributed by atoms with E-state index < -0.39 is 0 Å². The number of aromatic nitrogens is 1. The summed E-state index contributed by atoms with van der Waals surface area (Å²) in [6.07, 6.45) is 3.10. The molecule has 0 bridgehead atoms. The second-order valence-corrected chi connectivity index (χ2v) is 5.72. The molecule has 4 rings (SSSR count). The zero-order valence-electron chi connectivity index (χ0n) is 12.0. The van der Waals surface area contributed by atoms with E-state index in [0.717, 1.165) is 25.0 Å². The molecule has 0 N–H and O–H groups in total. The highest BCUT2D eigenvalue weighted by Crippen LogP contribution is 2.45. The van der Waals surface area contributed by atoms with Crippen LogP contribution in [0.3, 0.4) is 0 Å². The average Bonchev–Trinajstić information content (AvgIpc) is 3.21. The first-order valence-corrected chi connectivity index (χ1v) is 7.53. The Labute approximate surface area is 123 Å². The van der Waals surface area contributed by atoms with E-state index in [9.17, 15) is 4.79 Å². The Morgan fingerprint density at radius 1 is 1.38 bits per heavy atom. The standard InChI is InChI=1S/C17H17NO3/c1-2-20-17(19)15-14(10-7-8-10)18-16(21-15)13-9-11-5-3-4-6-12(11)13/h3-6,10,13H,2,7-9H2,1H3. The van der Waals surface area contributed by atoms with Crippen LogP contribution in [0.1, 0.15) is 64.9 Å². The number of ether oxygens (including phenoxy) is 1. The number of oxazole rings is 1. The number of carbonyl (C=O) groups is 1. The minimum atomic E-state index is -0.384. The van der Waals surface area contributed by atoms with Gasteiger partial charge in [0, 0.05) is 5.92 Å². The third kappa shape index (κ3) is 2.06. The van der Waals surface area contributed by atoms with E-state index in [1.165, 1.54) is 11.1 Å². The van der Waals surface area contributed by atoms with Gasteiger partial charge in [-0.2, -0.15) is 0 Å². The van der Waals surface area contributed by atoms with Gasteiger partial charge < -0.3 is 9.15 Å². The summed E-state index contributed by atoms with van der Waals surface area (Å²) >= 11 is 0. The van der Waals surface area contributed by atoms with Crippen molar-refractivity contribution in [3.05, 3.63) is 52.7 Å². The van der Waals surface area contributed by atoms with E-state index in [1.807, 2.05) is 12.1 Å². The van der Waals surface area contributed by atoms with Gasteiger partial charge in [-0.3, -0.25) is 0 Å². The van der Waals surface area contributed by atoms with Crippen molar-refractivity contribution in [2.24, 2.45) is 0 Å². The van der Waals surface area contributed by atoms with Crippen LogP contribution in [0.25, 0.3) is 0 Å². The molecule has 1 fully saturated rings. The van der Waals surface area contributed by atoms with Crippen molar-refractivity contribution < 1.29 is 13.9 Å². The van der Waals surface area contributed by atoms with Gasteiger partial charge in [-0.25, -0.2) is 9.78 Å². The number of rotatable bonds is 4. The molecule has 2 aromatic rings. The van der Waals surface area contributed by atoms with Crippen LogP contribution in [0.5, 0.6) is 0 Å². The molecule has 108 valence electrons. The van der Waals surface area contributed by atoms with Gasteiger partial charge in [-0.1, -0.05) is 24.3 Å². The summed E-state index contributed by atoms with van der Waals surface area (Å²) in [6, 6.07) is 8.31. The average molecular weight is 283 g/mol. The lowest BCUT2D eigenvalue weighted by atomic mass is 9.77. The molecule has 4 nitrogen and oxygen atoms in total. The molecule has 1 aromatic carbocycles. The Bertz CT molecular complexity index is 700. The lowest BCUT2D eigenvalue weighted by Gasteiger charge is -2.27. The monoisotopic (exact) mass is 283 g/mol. The normalized spacial score (nSPS) is 19.8. The predicted octanol–water partition coefficient (Wildman–Crippen LogP) is 3.42. The Morgan fingerprint density at radius 2 is 2.19 bits per heavy atom. The van der Waals surface area contributed by atoms with E-state index in [-0.39, 0.29) is 11.9 Å². The molecule has 2 aliphatic rings. The Morgan fingerprint density at radius 3 is 2.90 bits per heavy atom. The number of nitrogens with zero attached hydrogens (tertiary/aromatic N) is 1. The molecule has 0 aliphatic heterocycles. The number of benzene rings is 1. The number of fused-ring (bicyclic) bond motifs is 1. The third-order valence-corrected chi connectivity index (χ3v) is 4.25. The van der Waals surface area contributed by atoms with Crippen molar-refractivity contribution >= 4 is 5.97 Å². The Kier molecular flexibility index (Phi) is 2.84. The topological polar surface area (TPSA) is 52.3 Å². The minimum absolute atomic E-state index is 0.182. The van der Waals surface area contributed by atoms with E-state index >= 15 is 0 Å². The molecule has 0 amide bonds. The fraction of sp³-hybridized carbons (Fsp3) is 0.412. The molecule has 21 heavy (non-hydrogen) atoms. The van der Waals surface area contributed by atoms with Crippen molar-refractivity contribution in [1.29, 1.82) is 0 Å². The summed E-state index contributed by atoms with van der Waals surface area (Å²) in [5.41, 5.74) is 3.40. The molecule has 1 atom stereocenters. The molecule has 0 spiro atoms. The molecule has 1 aromatic heterocycles. The highest BCUT2D eigenvalue weighted by Gasteiger charge is 2.38. The smallest absolute Gasteiger partial charge is 0.376 e. The quantitative estimate of drug-likeness (QED) is 0.807. The van der Waals surface area contributed by atoms with Crippen LogP contribution >= 0.6 is 0 Å². The summed E-state index contributed by atoms with van der Waals surface area (Å²) in [4.78, 5) is 16.7. The first-order valence-electron chi connectivity index (χ1n) is 7.53. The van der Waals surface area contributed by atoms with Gasteiger partial charge in [-0.05, 0) is 37.3 Å². The molecule has 4 heteroatoms. The molecule has 1 unspecified atom stereocenters. The van der Waals surface area contributed by atoms with E-state index in [0.29, 0.717) is 24.2 Å². The molecule has 1 saturated carbocycles. The molecule has 2 aliphatic carbocycles. The van der Waals surface area contributed by atoms with Gasteiger partial charge in [0.1, 0.15) is 0 Å². The highest BCUT2D eigenvalue weighted by atomic mass is 16.5. The van der Waals surface area contributed by atoms with Crippen LogP contribution in [0.15, 0.2) is 28.7 Å². The number of esters is 1. The first-order chi connectivity index (χ1) is 10.3. The maximum atomic E-state index is 12.0. The SMILES string of the molecule is CCOC(=O)c1oc(C2Cc3ccccc32)nc1C1CC1. The molecular formula is C17H17NO3. The van der Waals surface area contributed by atoms with Crippen LogP contribution in [-0.4, -0.2) is 17.6 Å². The largest absolute Gasteiger partial charge is 0.460 e. The number of hydrogen-bond donors (Lipinski definition) is 0. The maximum Gasteiger partial charge on any atom is 0.376 e. The second-order valence-electron chi connectivity index (χ2n) is 5.72. The minimum Gasteiger partial charge on any atom is -0.460 e. The number of carbonyl (C=O) groups excluding carboxylic acids is 1. The molecule has 0 radical (unpaired) electrons. The van der Waals surface area contributed by atoms with E-state index in [1.54, 1.807) is 6.92 Å². The zero-order chi connectivity index (χ0) is 14.4. The summed E-state index contributed by atoms with van der Waals surface area (Å²) in [5.74, 6) is 1.15. The van der Waals surface area contributed by atoms with Gasteiger partial charge in [0.2, 0.25) is 11.7 Å². The first kappa shape index (κ1) is 12.6. The summed E-state index contributed by atoms with van der Waals surface area (Å²) in [7, 11) is 0. The third-order valence-electron chi connectivity index (χ3n) is 4.25. The zero-order valence-corrected chi connectivity index (χ0v) is 12.0. The maximum absolute atomic E-state index is 12.0. The highest BCUT2D eigenvalue weighted by molar-refractivity contribution is 5.87. The summed E-state index contributed by atoms with van der Waals surface area (Å²) < 4.78 is 10.9. The van der Waals surface area contributed by atoms with Crippen LogP contribution in [0.2, 0.25) is 0 Å². The van der Waals surface area contributed by atoms with E-state index in [4.69, 9.17) is 9.15 Å². The van der Waals surface area contributed by atoms with Crippen molar-refractivity contribution in [3.63, 3.8) is 0 Å². The lowest BCUT2D eigenvalue weighted by Crippen LogP contribution is -2.18. The Balaban J connectivity index is 1.68. The molecular weight excluding hydrogens is 266 g/mol. The van der Waals surface area contributed by atoms with Crippen LogP contribution in [-0.2, 0) is 11.2 Å². The van der Waals surface area contributed by atoms with Gasteiger partial charge >= 0.3 is 5.97 Å². The van der Waals surface area contributed by atoms with Crippen LogP contribution < -0.4 is 0 Å². The van der Waals surface area contributed by atoms with E-state index in [2.05, 4.69) is 17.1 Å². The van der Waals surface area contributed by atoms with Gasteiger partial charge in [-0.15, -0.1) is 0 Å². The van der Waals surface area contributed by atoms with Crippen LogP contribution in [0, 0.1) is 0 Å². The predicted molar refractivity (Wildman–Crippen MR) is 76.4 cm³/mol. The van der Waals surface area contributed by atoms with Crippen LogP contribution in [0.4, 0.5) is 0 Å². The van der Waals surface area contributed by atoms with Gasteiger partial charge in [0.25, 0.3) is 0 Å². The fourth-order valence-electron chi connectivity index (χ4n) is 2.95. The lowest BCUT2D eigenvalue weighted by molar-refractivity contribution is 0.0485. The van der Waals surface area contributed by atoms with Gasteiger partial charge in [0.05, 0.1) is 18.2 Å². The summed E-state index contributed by atoms with van der Waals surface area (Å²) in [5, 5.41) is 0. The molecule has 1 heterocycles. The van der Waals surface area contributed by atoms with Crippen molar-refractivity contribution in [2.45, 2.75) is 38.0 Å². The Hall–Kier alpha value is -2.10. The van der Waals surface area contributed by atoms with Crippen molar-refractivity contribution in [3.8, 4) is 0 Å². The number of hydrogen-bond acceptors (Lipinski definition) is 4. The molecule has 0 saturated heterocycles. The second kappa shape index (κ2) is 4.72.